The van der Waals surface area contributed by atoms with Crippen LogP contribution in [0.15, 0.2) is 42.7 Å². The van der Waals surface area contributed by atoms with E-state index in [1.54, 1.807) is 0 Å². The largest absolute Gasteiger partial charge is 0.356 e. The monoisotopic (exact) mass is 269 g/mol. The lowest BCUT2D eigenvalue weighted by molar-refractivity contribution is -0.121. The summed E-state index contributed by atoms with van der Waals surface area (Å²) in [6.45, 7) is 0.849. The van der Waals surface area contributed by atoms with Crippen molar-refractivity contribution >= 4 is 5.91 Å². The van der Waals surface area contributed by atoms with Crippen molar-refractivity contribution in [3.05, 3.63) is 48.3 Å². The van der Waals surface area contributed by atoms with Crippen LogP contribution in [-0.4, -0.2) is 22.2 Å². The van der Waals surface area contributed by atoms with Crippen LogP contribution in [0.25, 0.3) is 5.69 Å². The van der Waals surface area contributed by atoms with Crippen LogP contribution < -0.4 is 5.32 Å². The number of aromatic nitrogens is 2. The first-order valence-corrected chi connectivity index (χ1v) is 7.17. The van der Waals surface area contributed by atoms with Gasteiger partial charge in [0.2, 0.25) is 5.91 Å². The second-order valence-corrected chi connectivity index (χ2v) is 5.38. The predicted molar refractivity (Wildman–Crippen MR) is 77.6 cm³/mol. The molecular formula is C16H19N3O. The van der Waals surface area contributed by atoms with E-state index >= 15 is 0 Å². The maximum atomic E-state index is 11.7. The molecule has 1 aromatic heterocycles. The van der Waals surface area contributed by atoms with Crippen molar-refractivity contribution in [1.82, 2.24) is 15.1 Å². The van der Waals surface area contributed by atoms with Gasteiger partial charge in [-0.3, -0.25) is 4.79 Å². The van der Waals surface area contributed by atoms with E-state index in [2.05, 4.69) is 10.4 Å². The maximum absolute atomic E-state index is 11.7. The molecule has 0 atom stereocenters. The minimum absolute atomic E-state index is 0.143. The summed E-state index contributed by atoms with van der Waals surface area (Å²) in [6.07, 6.45) is 7.63. The lowest BCUT2D eigenvalue weighted by atomic mass is 10.2. The van der Waals surface area contributed by atoms with Crippen molar-refractivity contribution < 1.29 is 4.79 Å². The SMILES string of the molecule is O=C(CCc1cnn(-c2ccccc2)c1)NCC1CC1. The van der Waals surface area contributed by atoms with Gasteiger partial charge in [-0.05, 0) is 42.9 Å². The van der Waals surface area contributed by atoms with Gasteiger partial charge in [0.1, 0.15) is 0 Å². The number of benzene rings is 1. The summed E-state index contributed by atoms with van der Waals surface area (Å²) >= 11 is 0. The molecule has 0 bridgehead atoms. The van der Waals surface area contributed by atoms with Crippen molar-refractivity contribution in [3.63, 3.8) is 0 Å². The van der Waals surface area contributed by atoms with E-state index in [4.69, 9.17) is 0 Å². The molecule has 3 rings (SSSR count). The molecular weight excluding hydrogens is 250 g/mol. The van der Waals surface area contributed by atoms with Crippen LogP contribution in [0, 0.1) is 5.92 Å². The Kier molecular flexibility index (Phi) is 3.81. The first kappa shape index (κ1) is 12.9. The molecule has 0 unspecified atom stereocenters. The second kappa shape index (κ2) is 5.90. The molecule has 1 aliphatic rings. The Balaban J connectivity index is 1.50. The summed E-state index contributed by atoms with van der Waals surface area (Å²) < 4.78 is 1.84. The van der Waals surface area contributed by atoms with Gasteiger partial charge in [0.15, 0.2) is 0 Å². The fourth-order valence-electron chi connectivity index (χ4n) is 2.14. The Morgan fingerprint density at radius 3 is 2.85 bits per heavy atom. The fourth-order valence-corrected chi connectivity index (χ4v) is 2.14. The first-order valence-electron chi connectivity index (χ1n) is 7.17. The number of carbonyl (C=O) groups is 1. The zero-order valence-corrected chi connectivity index (χ0v) is 11.5. The topological polar surface area (TPSA) is 46.9 Å². The third kappa shape index (κ3) is 3.47. The molecule has 1 saturated carbocycles. The van der Waals surface area contributed by atoms with Crippen LogP contribution in [0.1, 0.15) is 24.8 Å². The standard InChI is InChI=1S/C16H19N3O/c20-16(17-10-13-6-7-13)9-8-14-11-18-19(12-14)15-4-2-1-3-5-15/h1-5,11-13H,6-10H2,(H,17,20). The quantitative estimate of drug-likeness (QED) is 0.875. The minimum atomic E-state index is 0.143. The van der Waals surface area contributed by atoms with Crippen LogP contribution in [-0.2, 0) is 11.2 Å². The summed E-state index contributed by atoms with van der Waals surface area (Å²) in [6, 6.07) is 9.99. The second-order valence-electron chi connectivity index (χ2n) is 5.38. The van der Waals surface area contributed by atoms with Gasteiger partial charge in [-0.1, -0.05) is 18.2 Å². The number of amides is 1. The number of rotatable bonds is 6. The summed E-state index contributed by atoms with van der Waals surface area (Å²) in [7, 11) is 0. The highest BCUT2D eigenvalue weighted by atomic mass is 16.1. The minimum Gasteiger partial charge on any atom is -0.356 e. The van der Waals surface area contributed by atoms with Crippen LogP contribution in [0.3, 0.4) is 0 Å². The lowest BCUT2D eigenvalue weighted by Crippen LogP contribution is -2.25. The molecule has 1 aromatic carbocycles. The van der Waals surface area contributed by atoms with Gasteiger partial charge in [-0.15, -0.1) is 0 Å². The van der Waals surface area contributed by atoms with Crippen molar-refractivity contribution in [1.29, 1.82) is 0 Å². The molecule has 0 radical (unpaired) electrons. The van der Waals surface area contributed by atoms with E-state index in [1.165, 1.54) is 12.8 Å². The number of carbonyl (C=O) groups excluding carboxylic acids is 1. The van der Waals surface area contributed by atoms with Crippen LogP contribution >= 0.6 is 0 Å². The normalized spacial score (nSPS) is 14.2. The van der Waals surface area contributed by atoms with E-state index in [-0.39, 0.29) is 5.91 Å². The molecule has 1 amide bonds. The molecule has 20 heavy (non-hydrogen) atoms. The first-order chi connectivity index (χ1) is 9.81. The number of aryl methyl sites for hydroxylation is 1. The third-order valence-corrected chi connectivity index (χ3v) is 3.58. The van der Waals surface area contributed by atoms with Crippen molar-refractivity contribution in [3.8, 4) is 5.69 Å². The Hall–Kier alpha value is -2.10. The van der Waals surface area contributed by atoms with E-state index < -0.39 is 0 Å². The predicted octanol–water partition coefficient (Wildman–Crippen LogP) is 2.33. The third-order valence-electron chi connectivity index (χ3n) is 3.58. The number of nitrogens with zero attached hydrogens (tertiary/aromatic N) is 2. The average molecular weight is 269 g/mol. The molecule has 0 aliphatic heterocycles. The van der Waals surface area contributed by atoms with Crippen molar-refractivity contribution in [2.24, 2.45) is 5.92 Å². The van der Waals surface area contributed by atoms with Gasteiger partial charge in [0, 0.05) is 19.2 Å². The Morgan fingerprint density at radius 2 is 2.10 bits per heavy atom. The Morgan fingerprint density at radius 1 is 1.30 bits per heavy atom. The van der Waals surface area contributed by atoms with Crippen molar-refractivity contribution in [2.45, 2.75) is 25.7 Å². The smallest absolute Gasteiger partial charge is 0.220 e. The highest BCUT2D eigenvalue weighted by Gasteiger charge is 2.21. The number of nitrogens with one attached hydrogen (secondary N) is 1. The van der Waals surface area contributed by atoms with E-state index in [9.17, 15) is 4.79 Å². The van der Waals surface area contributed by atoms with Crippen LogP contribution in [0.2, 0.25) is 0 Å². The lowest BCUT2D eigenvalue weighted by Gasteiger charge is -2.02. The summed E-state index contributed by atoms with van der Waals surface area (Å²) in [5, 5.41) is 7.32. The van der Waals surface area contributed by atoms with Gasteiger partial charge in [0.25, 0.3) is 0 Å². The molecule has 1 N–H and O–H groups in total. The van der Waals surface area contributed by atoms with Gasteiger partial charge >= 0.3 is 0 Å². The van der Waals surface area contributed by atoms with Crippen LogP contribution in [0.5, 0.6) is 0 Å². The molecule has 104 valence electrons. The Bertz CT molecular complexity index is 572. The summed E-state index contributed by atoms with van der Waals surface area (Å²) in [4.78, 5) is 11.7. The van der Waals surface area contributed by atoms with Gasteiger partial charge in [0.05, 0.1) is 11.9 Å². The summed E-state index contributed by atoms with van der Waals surface area (Å²) in [5.41, 5.74) is 2.13. The zero-order chi connectivity index (χ0) is 13.8. The highest BCUT2D eigenvalue weighted by molar-refractivity contribution is 5.76. The maximum Gasteiger partial charge on any atom is 0.220 e. The molecule has 2 aromatic rings. The molecule has 1 fully saturated rings. The highest BCUT2D eigenvalue weighted by Crippen LogP contribution is 2.27. The zero-order valence-electron chi connectivity index (χ0n) is 11.5. The molecule has 1 aliphatic carbocycles. The molecule has 4 heteroatoms. The molecule has 0 saturated heterocycles. The number of hydrogen-bond donors (Lipinski definition) is 1. The van der Waals surface area contributed by atoms with Gasteiger partial charge in [-0.25, -0.2) is 4.68 Å². The number of hydrogen-bond acceptors (Lipinski definition) is 2. The number of para-hydroxylation sites is 1. The fraction of sp³-hybridized carbons (Fsp3) is 0.375. The van der Waals surface area contributed by atoms with E-state index in [0.717, 1.165) is 30.1 Å². The Labute approximate surface area is 118 Å². The molecule has 0 spiro atoms. The van der Waals surface area contributed by atoms with E-state index in [1.807, 2.05) is 47.4 Å². The average Bonchev–Trinajstić information content (AvgIpc) is 3.20. The molecule has 1 heterocycles. The van der Waals surface area contributed by atoms with Crippen molar-refractivity contribution in [2.75, 3.05) is 6.54 Å². The van der Waals surface area contributed by atoms with E-state index in [0.29, 0.717) is 6.42 Å². The summed E-state index contributed by atoms with van der Waals surface area (Å²) in [5.74, 6) is 0.879. The van der Waals surface area contributed by atoms with Crippen LogP contribution in [0.4, 0.5) is 0 Å². The van der Waals surface area contributed by atoms with Gasteiger partial charge in [-0.2, -0.15) is 5.10 Å². The van der Waals surface area contributed by atoms with Gasteiger partial charge < -0.3 is 5.32 Å². The molecule has 4 nitrogen and oxygen atoms in total.